The summed E-state index contributed by atoms with van der Waals surface area (Å²) < 4.78 is 43.3. The van der Waals surface area contributed by atoms with Gasteiger partial charge < -0.3 is 13.6 Å². The fourth-order valence-electron chi connectivity index (χ4n) is 2.40. The Morgan fingerprint density at radius 3 is 2.58 bits per heavy atom. The smallest absolute Gasteiger partial charge is 0.283 e. The van der Waals surface area contributed by atoms with Crippen LogP contribution in [0.25, 0.3) is 11.7 Å². The Morgan fingerprint density at radius 2 is 1.88 bits per heavy atom. The molecule has 8 nitrogen and oxygen atoms in total. The zero-order chi connectivity index (χ0) is 18.1. The van der Waals surface area contributed by atoms with E-state index >= 15 is 0 Å². The number of sulfonamides is 1. The van der Waals surface area contributed by atoms with Crippen LogP contribution < -0.4 is 9.46 Å². The Hall–Kier alpha value is -2.65. The molecule has 136 valence electrons. The molecule has 1 aliphatic carbocycles. The first kappa shape index (κ1) is 16.8. The van der Waals surface area contributed by atoms with Crippen molar-refractivity contribution >= 4 is 10.0 Å². The number of furan rings is 1. The van der Waals surface area contributed by atoms with Gasteiger partial charge in [-0.25, -0.2) is 13.1 Å². The molecule has 1 saturated carbocycles. The third-order valence-electron chi connectivity index (χ3n) is 4.05. The van der Waals surface area contributed by atoms with Crippen LogP contribution in [0.4, 0.5) is 0 Å². The van der Waals surface area contributed by atoms with E-state index in [0.29, 0.717) is 17.6 Å². The maximum absolute atomic E-state index is 12.4. The first-order valence-corrected chi connectivity index (χ1v) is 9.60. The van der Waals surface area contributed by atoms with Gasteiger partial charge in [0.1, 0.15) is 5.75 Å². The SMILES string of the molecule is COc1ccc(CNS(=O)(=O)c2ccc(-c3nnc(C4CC4)o3)o2)cc1. The Kier molecular flexibility index (Phi) is 4.25. The Labute approximate surface area is 150 Å². The maximum Gasteiger partial charge on any atom is 0.283 e. The van der Waals surface area contributed by atoms with E-state index in [0.717, 1.165) is 18.4 Å². The molecule has 1 N–H and O–H groups in total. The molecule has 2 aromatic heterocycles. The van der Waals surface area contributed by atoms with Gasteiger partial charge in [0.15, 0.2) is 5.76 Å². The van der Waals surface area contributed by atoms with Crippen LogP contribution in [0.5, 0.6) is 5.75 Å². The molecule has 4 rings (SSSR count). The van der Waals surface area contributed by atoms with E-state index in [1.165, 1.54) is 12.1 Å². The molecule has 0 aliphatic heterocycles. The van der Waals surface area contributed by atoms with E-state index < -0.39 is 10.0 Å². The van der Waals surface area contributed by atoms with E-state index in [2.05, 4.69) is 14.9 Å². The van der Waals surface area contributed by atoms with Gasteiger partial charge in [0, 0.05) is 12.5 Å². The topological polar surface area (TPSA) is 107 Å². The van der Waals surface area contributed by atoms with E-state index in [9.17, 15) is 8.42 Å². The summed E-state index contributed by atoms with van der Waals surface area (Å²) in [6, 6.07) is 9.97. The van der Waals surface area contributed by atoms with Crippen molar-refractivity contribution in [2.45, 2.75) is 30.4 Å². The highest BCUT2D eigenvalue weighted by Crippen LogP contribution is 2.40. The number of methoxy groups -OCH3 is 1. The minimum Gasteiger partial charge on any atom is -0.497 e. The van der Waals surface area contributed by atoms with Crippen LogP contribution in [0.2, 0.25) is 0 Å². The van der Waals surface area contributed by atoms with Gasteiger partial charge in [0.05, 0.1) is 7.11 Å². The van der Waals surface area contributed by atoms with E-state index in [1.54, 1.807) is 31.4 Å². The van der Waals surface area contributed by atoms with Gasteiger partial charge >= 0.3 is 0 Å². The lowest BCUT2D eigenvalue weighted by Gasteiger charge is -2.05. The fraction of sp³-hybridized carbons (Fsp3) is 0.294. The average Bonchev–Trinajstić information content (AvgIpc) is 3.18. The molecule has 0 amide bonds. The molecule has 0 bridgehead atoms. The number of nitrogens with zero attached hydrogens (tertiary/aromatic N) is 2. The van der Waals surface area contributed by atoms with Gasteiger partial charge in [0.2, 0.25) is 11.0 Å². The zero-order valence-electron chi connectivity index (χ0n) is 14.0. The predicted molar refractivity (Wildman–Crippen MR) is 91.0 cm³/mol. The summed E-state index contributed by atoms with van der Waals surface area (Å²) in [6.45, 7) is 0.134. The average molecular weight is 375 g/mol. The van der Waals surface area contributed by atoms with Crippen LogP contribution in [0.15, 0.2) is 50.3 Å². The van der Waals surface area contributed by atoms with Gasteiger partial charge in [-0.05, 0) is 42.7 Å². The number of hydrogen-bond acceptors (Lipinski definition) is 7. The normalized spacial score (nSPS) is 14.5. The first-order valence-electron chi connectivity index (χ1n) is 8.11. The number of rotatable bonds is 7. The minimum absolute atomic E-state index is 0.134. The van der Waals surface area contributed by atoms with Crippen molar-refractivity contribution in [1.82, 2.24) is 14.9 Å². The number of ether oxygens (including phenoxy) is 1. The lowest BCUT2D eigenvalue weighted by molar-refractivity contribution is 0.414. The third kappa shape index (κ3) is 3.49. The van der Waals surface area contributed by atoms with Crippen molar-refractivity contribution in [3.8, 4) is 17.4 Å². The highest BCUT2D eigenvalue weighted by molar-refractivity contribution is 7.89. The van der Waals surface area contributed by atoms with Crippen molar-refractivity contribution in [2.75, 3.05) is 7.11 Å². The van der Waals surface area contributed by atoms with Crippen LogP contribution in [0, 0.1) is 0 Å². The summed E-state index contributed by atoms with van der Waals surface area (Å²) in [7, 11) is -2.22. The largest absolute Gasteiger partial charge is 0.497 e. The number of hydrogen-bond donors (Lipinski definition) is 1. The van der Waals surface area contributed by atoms with Crippen molar-refractivity contribution in [3.63, 3.8) is 0 Å². The van der Waals surface area contributed by atoms with Crippen LogP contribution >= 0.6 is 0 Å². The molecular formula is C17H17N3O5S. The van der Waals surface area contributed by atoms with Crippen LogP contribution in [0.1, 0.15) is 30.2 Å². The van der Waals surface area contributed by atoms with Gasteiger partial charge in [-0.2, -0.15) is 0 Å². The van der Waals surface area contributed by atoms with Crippen LogP contribution in [-0.4, -0.2) is 25.7 Å². The summed E-state index contributed by atoms with van der Waals surface area (Å²) in [5, 5.41) is 7.68. The molecule has 0 saturated heterocycles. The fourth-order valence-corrected chi connectivity index (χ4v) is 3.35. The second kappa shape index (κ2) is 6.58. The summed E-state index contributed by atoms with van der Waals surface area (Å²) in [5.41, 5.74) is 0.798. The van der Waals surface area contributed by atoms with Gasteiger partial charge in [-0.1, -0.05) is 12.1 Å². The van der Waals surface area contributed by atoms with Crippen molar-refractivity contribution in [3.05, 3.63) is 47.9 Å². The third-order valence-corrected chi connectivity index (χ3v) is 5.32. The number of benzene rings is 1. The van der Waals surface area contributed by atoms with E-state index in [-0.39, 0.29) is 23.3 Å². The zero-order valence-corrected chi connectivity index (χ0v) is 14.8. The quantitative estimate of drug-likeness (QED) is 0.676. The van der Waals surface area contributed by atoms with Crippen molar-refractivity contribution in [1.29, 1.82) is 0 Å². The molecule has 2 heterocycles. The second-order valence-electron chi connectivity index (χ2n) is 6.01. The number of aromatic nitrogens is 2. The van der Waals surface area contributed by atoms with Crippen molar-refractivity contribution in [2.24, 2.45) is 0 Å². The molecular weight excluding hydrogens is 358 g/mol. The van der Waals surface area contributed by atoms with Gasteiger partial charge in [-0.15, -0.1) is 10.2 Å². The predicted octanol–water partition coefficient (Wildman–Crippen LogP) is 2.69. The van der Waals surface area contributed by atoms with E-state index in [4.69, 9.17) is 13.6 Å². The molecule has 1 aromatic carbocycles. The molecule has 26 heavy (non-hydrogen) atoms. The maximum atomic E-state index is 12.4. The van der Waals surface area contributed by atoms with Gasteiger partial charge in [-0.3, -0.25) is 0 Å². The first-order chi connectivity index (χ1) is 12.5. The summed E-state index contributed by atoms with van der Waals surface area (Å²) >= 11 is 0. The molecule has 9 heteroatoms. The highest BCUT2D eigenvalue weighted by Gasteiger charge is 2.30. The minimum atomic E-state index is -3.80. The molecule has 1 fully saturated rings. The molecule has 0 unspecified atom stereocenters. The molecule has 0 atom stereocenters. The Bertz CT molecular complexity index is 1000. The standard InChI is InChI=1S/C17H17N3O5S/c1-23-13-6-2-11(3-7-13)10-18-26(21,22)15-9-8-14(24-15)17-20-19-16(25-17)12-4-5-12/h2-3,6-9,12,18H,4-5,10H2,1H3. The number of nitrogens with one attached hydrogen (secondary N) is 1. The van der Waals surface area contributed by atoms with Gasteiger partial charge in [0.25, 0.3) is 15.9 Å². The van der Waals surface area contributed by atoms with Crippen molar-refractivity contribution < 1.29 is 22.0 Å². The summed E-state index contributed by atoms with van der Waals surface area (Å²) in [5.74, 6) is 2.01. The molecule has 0 spiro atoms. The summed E-state index contributed by atoms with van der Waals surface area (Å²) in [6.07, 6.45) is 2.07. The molecule has 0 radical (unpaired) electrons. The Morgan fingerprint density at radius 1 is 1.12 bits per heavy atom. The lowest BCUT2D eigenvalue weighted by Crippen LogP contribution is -2.22. The monoisotopic (exact) mass is 375 g/mol. The highest BCUT2D eigenvalue weighted by atomic mass is 32.2. The lowest BCUT2D eigenvalue weighted by atomic mass is 10.2. The van der Waals surface area contributed by atoms with E-state index in [1.807, 2.05) is 0 Å². The Balaban J connectivity index is 1.46. The second-order valence-corrected chi connectivity index (χ2v) is 7.71. The molecule has 3 aromatic rings. The summed E-state index contributed by atoms with van der Waals surface area (Å²) in [4.78, 5) is 0. The van der Waals surface area contributed by atoms with Crippen LogP contribution in [0.3, 0.4) is 0 Å². The van der Waals surface area contributed by atoms with Crippen LogP contribution in [-0.2, 0) is 16.6 Å². The molecule has 1 aliphatic rings.